The average molecular weight is 389 g/mol. The summed E-state index contributed by atoms with van der Waals surface area (Å²) in [6, 6.07) is 8.43. The van der Waals surface area contributed by atoms with E-state index in [9.17, 15) is 10.2 Å². The van der Waals surface area contributed by atoms with Crippen LogP contribution in [0.2, 0.25) is 0 Å². The predicted molar refractivity (Wildman–Crippen MR) is 89.4 cm³/mol. The molecular weight excluding hydrogens is 367 g/mol. The van der Waals surface area contributed by atoms with Crippen molar-refractivity contribution in [1.82, 2.24) is 0 Å². The Bertz CT molecular complexity index is 679. The molecule has 6 nitrogen and oxygen atoms in total. The van der Waals surface area contributed by atoms with Gasteiger partial charge in [0.15, 0.2) is 23.0 Å². The van der Waals surface area contributed by atoms with Crippen molar-refractivity contribution in [3.8, 4) is 28.7 Å². The van der Waals surface area contributed by atoms with Crippen LogP contribution in [-0.2, 0) is 23.5 Å². The summed E-state index contributed by atoms with van der Waals surface area (Å²) in [7, 11) is 6.06. The largest absolute Gasteiger partial charge is 0.504 e. The van der Waals surface area contributed by atoms with Gasteiger partial charge in [0.25, 0.3) is 0 Å². The van der Waals surface area contributed by atoms with Gasteiger partial charge >= 0.3 is 0 Å². The molecule has 7 heteroatoms. The number of phenolic OH excluding ortho intramolecular Hbond substituents is 1. The zero-order chi connectivity index (χ0) is 17.7. The Hall–Kier alpha value is -2.08. The first kappa shape index (κ1) is 21.0. The van der Waals surface area contributed by atoms with Gasteiger partial charge in [0, 0.05) is 23.5 Å². The minimum absolute atomic E-state index is 0. The maximum absolute atomic E-state index is 10.5. The van der Waals surface area contributed by atoms with Gasteiger partial charge < -0.3 is 29.2 Å². The molecule has 1 radical (unpaired) electrons. The molecule has 0 saturated carbocycles. The molecule has 0 spiro atoms. The van der Waals surface area contributed by atoms with Crippen LogP contribution in [0.25, 0.3) is 0 Å². The molecule has 1 atom stereocenters. The minimum atomic E-state index is -0.800. The van der Waals surface area contributed by atoms with Gasteiger partial charge in [-0.2, -0.15) is 0 Å². The number of benzene rings is 2. The third-order valence-corrected chi connectivity index (χ3v) is 3.74. The number of ether oxygens (including phenoxy) is 4. The van der Waals surface area contributed by atoms with Crippen LogP contribution in [0.4, 0.5) is 0 Å². The summed E-state index contributed by atoms with van der Waals surface area (Å²) in [4.78, 5) is 0. The molecule has 0 bridgehead atoms. The number of aromatic hydroxyl groups is 1. The molecule has 0 fully saturated rings. The molecule has 0 aliphatic carbocycles. The molecule has 0 amide bonds. The van der Waals surface area contributed by atoms with Crippen LogP contribution in [-0.4, -0.2) is 38.7 Å². The summed E-state index contributed by atoms with van der Waals surface area (Å²) < 4.78 is 20.9. The summed E-state index contributed by atoms with van der Waals surface area (Å²) in [6.07, 6.45) is -0.484. The molecular formula is C18H22MnO6. The Labute approximate surface area is 157 Å². The first-order chi connectivity index (χ1) is 11.5. The number of hydrogen-bond donors (Lipinski definition) is 2. The summed E-state index contributed by atoms with van der Waals surface area (Å²) in [6.45, 7) is 0. The maximum Gasteiger partial charge on any atom is 0.203 e. The van der Waals surface area contributed by atoms with Crippen LogP contribution in [0.3, 0.4) is 0 Å². The van der Waals surface area contributed by atoms with E-state index in [2.05, 4.69) is 0 Å². The van der Waals surface area contributed by atoms with E-state index in [0.29, 0.717) is 35.0 Å². The molecule has 2 rings (SSSR count). The van der Waals surface area contributed by atoms with Crippen LogP contribution >= 0.6 is 0 Å². The van der Waals surface area contributed by atoms with E-state index in [1.54, 1.807) is 30.3 Å². The standard InChI is InChI=1S/C18H22O6.Mn/c1-21-15-6-5-11(8-14(15)20)7-13(19)12-9-16(22-2)18(24-4)17(10-12)23-3;/h5-6,8-10,13,19-20H,7H2,1-4H3;/t13-;/m1./s1. The second kappa shape index (κ2) is 9.42. The molecule has 0 heterocycles. The van der Waals surface area contributed by atoms with E-state index < -0.39 is 6.10 Å². The fourth-order valence-electron chi connectivity index (χ4n) is 2.50. The van der Waals surface area contributed by atoms with Gasteiger partial charge in [-0.25, -0.2) is 0 Å². The first-order valence-corrected chi connectivity index (χ1v) is 7.37. The molecule has 2 aromatic rings. The van der Waals surface area contributed by atoms with Crippen molar-refractivity contribution in [2.75, 3.05) is 28.4 Å². The Morgan fingerprint density at radius 1 is 0.840 bits per heavy atom. The van der Waals surface area contributed by atoms with Gasteiger partial charge in [0.05, 0.1) is 34.5 Å². The Morgan fingerprint density at radius 3 is 1.84 bits per heavy atom. The average Bonchev–Trinajstić information content (AvgIpc) is 2.60. The molecule has 0 saturated heterocycles. The minimum Gasteiger partial charge on any atom is -0.504 e. The second-order valence-corrected chi connectivity index (χ2v) is 5.18. The number of methoxy groups -OCH3 is 4. The number of aliphatic hydroxyl groups is 1. The van der Waals surface area contributed by atoms with Gasteiger partial charge in [-0.15, -0.1) is 0 Å². The predicted octanol–water partition coefficient (Wildman–Crippen LogP) is 2.70. The molecule has 25 heavy (non-hydrogen) atoms. The second-order valence-electron chi connectivity index (χ2n) is 5.18. The molecule has 2 N–H and O–H groups in total. The molecule has 0 aliphatic heterocycles. The topological polar surface area (TPSA) is 77.4 Å². The third kappa shape index (κ3) is 4.72. The maximum atomic E-state index is 10.5. The van der Waals surface area contributed by atoms with E-state index in [0.717, 1.165) is 5.56 Å². The Balaban J connectivity index is 0.00000312. The van der Waals surface area contributed by atoms with Crippen molar-refractivity contribution in [3.63, 3.8) is 0 Å². The van der Waals surface area contributed by atoms with Crippen LogP contribution in [0.5, 0.6) is 28.7 Å². The Kier molecular flexibility index (Phi) is 7.89. The normalized spacial score (nSPS) is 11.2. The van der Waals surface area contributed by atoms with E-state index in [-0.39, 0.29) is 22.8 Å². The van der Waals surface area contributed by atoms with Crippen molar-refractivity contribution in [2.24, 2.45) is 0 Å². The number of aliphatic hydroxyl groups excluding tert-OH is 1. The van der Waals surface area contributed by atoms with Crippen molar-refractivity contribution in [3.05, 3.63) is 41.5 Å². The molecule has 0 aromatic heterocycles. The third-order valence-electron chi connectivity index (χ3n) is 3.74. The van der Waals surface area contributed by atoms with Gasteiger partial charge in [-0.3, -0.25) is 0 Å². The number of rotatable bonds is 7. The summed E-state index contributed by atoms with van der Waals surface area (Å²) in [5.74, 6) is 1.85. The van der Waals surface area contributed by atoms with Crippen LogP contribution < -0.4 is 18.9 Å². The zero-order valence-corrected chi connectivity index (χ0v) is 15.8. The fourth-order valence-corrected chi connectivity index (χ4v) is 2.50. The van der Waals surface area contributed by atoms with Crippen LogP contribution in [0, 0.1) is 0 Å². The van der Waals surface area contributed by atoms with Gasteiger partial charge in [0.1, 0.15) is 0 Å². The van der Waals surface area contributed by atoms with Crippen molar-refractivity contribution >= 4 is 0 Å². The molecule has 2 aromatic carbocycles. The molecule has 137 valence electrons. The van der Waals surface area contributed by atoms with Crippen molar-refractivity contribution in [2.45, 2.75) is 12.5 Å². The van der Waals surface area contributed by atoms with Crippen molar-refractivity contribution < 1.29 is 46.2 Å². The Morgan fingerprint density at radius 2 is 1.40 bits per heavy atom. The van der Waals surface area contributed by atoms with Crippen molar-refractivity contribution in [1.29, 1.82) is 0 Å². The SMILES string of the molecule is COc1ccc(C[C@@H](O)c2cc(OC)c(OC)c(OC)c2)cc1O.[Mn]. The van der Waals surface area contributed by atoms with Gasteiger partial charge in [-0.05, 0) is 35.4 Å². The quantitative estimate of drug-likeness (QED) is 0.710. The molecule has 0 unspecified atom stereocenters. The monoisotopic (exact) mass is 389 g/mol. The summed E-state index contributed by atoms with van der Waals surface area (Å²) in [5.41, 5.74) is 1.40. The summed E-state index contributed by atoms with van der Waals surface area (Å²) in [5, 5.41) is 20.4. The first-order valence-electron chi connectivity index (χ1n) is 7.37. The van der Waals surface area contributed by atoms with Gasteiger partial charge in [0.2, 0.25) is 5.75 Å². The number of phenols is 1. The number of hydrogen-bond acceptors (Lipinski definition) is 6. The van der Waals surface area contributed by atoms with E-state index in [1.165, 1.54) is 28.4 Å². The fraction of sp³-hybridized carbons (Fsp3) is 0.333. The smallest absolute Gasteiger partial charge is 0.203 e. The van der Waals surface area contributed by atoms with Crippen LogP contribution in [0.15, 0.2) is 30.3 Å². The van der Waals surface area contributed by atoms with E-state index in [4.69, 9.17) is 18.9 Å². The van der Waals surface area contributed by atoms with E-state index in [1.807, 2.05) is 0 Å². The van der Waals surface area contributed by atoms with Crippen LogP contribution in [0.1, 0.15) is 17.2 Å². The molecule has 0 aliphatic rings. The van der Waals surface area contributed by atoms with E-state index >= 15 is 0 Å². The van der Waals surface area contributed by atoms with Gasteiger partial charge in [-0.1, -0.05) is 6.07 Å². The summed E-state index contributed by atoms with van der Waals surface area (Å²) >= 11 is 0. The zero-order valence-electron chi connectivity index (χ0n) is 14.6.